The van der Waals surface area contributed by atoms with E-state index in [1.807, 2.05) is 0 Å². The lowest BCUT2D eigenvalue weighted by Gasteiger charge is -2.10. The van der Waals surface area contributed by atoms with Crippen molar-refractivity contribution >= 4 is 5.97 Å². The van der Waals surface area contributed by atoms with Crippen molar-refractivity contribution in [3.05, 3.63) is 17.4 Å². The Morgan fingerprint density at radius 3 is 2.77 bits per heavy atom. The molecule has 0 spiro atoms. The van der Waals surface area contributed by atoms with Crippen molar-refractivity contribution in [1.82, 2.24) is 0 Å². The summed E-state index contributed by atoms with van der Waals surface area (Å²) in [6.07, 6.45) is 7.39. The van der Waals surface area contributed by atoms with Gasteiger partial charge in [-0.05, 0) is 38.2 Å². The summed E-state index contributed by atoms with van der Waals surface area (Å²) in [5.74, 6) is -0.277. The Morgan fingerprint density at radius 2 is 2.15 bits per heavy atom. The average Bonchev–Trinajstić information content (AvgIpc) is 2.17. The maximum Gasteiger partial charge on any atom is 0.338 e. The Labute approximate surface area is 79.3 Å². The number of carbonyl (C=O) groups is 1. The quantitative estimate of drug-likeness (QED) is 0.371. The van der Waals surface area contributed by atoms with Gasteiger partial charge in [-0.25, -0.2) is 4.79 Å². The number of hydrogen-bond donors (Lipinski definition) is 0. The summed E-state index contributed by atoms with van der Waals surface area (Å²) in [5.41, 5.74) is 4.29. The number of ether oxygens (including phenoxy) is 1. The molecule has 0 atom stereocenters. The molecule has 1 saturated carbocycles. The molecule has 0 aromatic rings. The summed E-state index contributed by atoms with van der Waals surface area (Å²) in [7, 11) is 0. The van der Waals surface area contributed by atoms with Gasteiger partial charge in [0.15, 0.2) is 0 Å². The highest BCUT2D eigenvalue weighted by Crippen LogP contribution is 2.21. The lowest BCUT2D eigenvalue weighted by molar-refractivity contribution is -0.137. The van der Waals surface area contributed by atoms with Gasteiger partial charge in [0.05, 0.1) is 12.7 Å². The SMILES string of the molecule is CCOC(=O)C=C=C1CCCCC1. The first kappa shape index (κ1) is 10.1. The second-order valence-corrected chi connectivity index (χ2v) is 3.20. The molecule has 0 amide bonds. The van der Waals surface area contributed by atoms with Gasteiger partial charge in [-0.1, -0.05) is 6.42 Å². The largest absolute Gasteiger partial charge is 0.462 e. The molecule has 1 aliphatic rings. The number of carbonyl (C=O) groups excluding carboxylic acids is 1. The van der Waals surface area contributed by atoms with Gasteiger partial charge in [0, 0.05) is 0 Å². The molecule has 0 aliphatic heterocycles. The van der Waals surface area contributed by atoms with E-state index in [2.05, 4.69) is 5.73 Å². The van der Waals surface area contributed by atoms with E-state index in [1.165, 1.54) is 30.9 Å². The first-order chi connectivity index (χ1) is 6.33. The third-order valence-electron chi connectivity index (χ3n) is 2.14. The second kappa shape index (κ2) is 5.60. The highest BCUT2D eigenvalue weighted by molar-refractivity contribution is 5.81. The van der Waals surface area contributed by atoms with Crippen LogP contribution in [-0.4, -0.2) is 12.6 Å². The average molecular weight is 180 g/mol. The van der Waals surface area contributed by atoms with Crippen LogP contribution in [0.25, 0.3) is 0 Å². The van der Waals surface area contributed by atoms with Crippen molar-refractivity contribution in [1.29, 1.82) is 0 Å². The van der Waals surface area contributed by atoms with Gasteiger partial charge in [0.1, 0.15) is 0 Å². The maximum absolute atomic E-state index is 10.9. The third kappa shape index (κ3) is 3.95. The molecule has 0 N–H and O–H groups in total. The van der Waals surface area contributed by atoms with Gasteiger partial charge in [0.25, 0.3) is 0 Å². The van der Waals surface area contributed by atoms with Crippen LogP contribution in [0.3, 0.4) is 0 Å². The minimum Gasteiger partial charge on any atom is -0.462 e. The fourth-order valence-corrected chi connectivity index (χ4v) is 1.47. The highest BCUT2D eigenvalue weighted by atomic mass is 16.5. The fraction of sp³-hybridized carbons (Fsp3) is 0.636. The molecule has 0 unspecified atom stereocenters. The minimum atomic E-state index is -0.277. The molecule has 0 aromatic carbocycles. The van der Waals surface area contributed by atoms with Gasteiger partial charge in [-0.3, -0.25) is 0 Å². The van der Waals surface area contributed by atoms with Gasteiger partial charge in [-0.15, -0.1) is 5.73 Å². The fourth-order valence-electron chi connectivity index (χ4n) is 1.47. The Bertz CT molecular complexity index is 226. The van der Waals surface area contributed by atoms with Gasteiger partial charge >= 0.3 is 5.97 Å². The van der Waals surface area contributed by atoms with E-state index in [4.69, 9.17) is 4.74 Å². The molecule has 1 aliphatic carbocycles. The summed E-state index contributed by atoms with van der Waals surface area (Å²) < 4.78 is 4.76. The van der Waals surface area contributed by atoms with Crippen molar-refractivity contribution < 1.29 is 9.53 Å². The topological polar surface area (TPSA) is 26.3 Å². The molecule has 72 valence electrons. The van der Waals surface area contributed by atoms with Crippen LogP contribution in [0, 0.1) is 0 Å². The Morgan fingerprint density at radius 1 is 1.46 bits per heavy atom. The molecule has 1 fully saturated rings. The van der Waals surface area contributed by atoms with Crippen molar-refractivity contribution in [2.24, 2.45) is 0 Å². The van der Waals surface area contributed by atoms with Crippen LogP contribution in [0.5, 0.6) is 0 Å². The van der Waals surface area contributed by atoms with E-state index < -0.39 is 0 Å². The molecule has 0 radical (unpaired) electrons. The zero-order valence-electron chi connectivity index (χ0n) is 8.14. The second-order valence-electron chi connectivity index (χ2n) is 3.20. The van der Waals surface area contributed by atoms with Crippen LogP contribution in [-0.2, 0) is 9.53 Å². The minimum absolute atomic E-state index is 0.277. The van der Waals surface area contributed by atoms with Crippen molar-refractivity contribution in [2.45, 2.75) is 39.0 Å². The number of esters is 1. The first-order valence-corrected chi connectivity index (χ1v) is 4.94. The molecule has 0 heterocycles. The number of hydrogen-bond acceptors (Lipinski definition) is 2. The van der Waals surface area contributed by atoms with E-state index in [0.29, 0.717) is 6.61 Å². The van der Waals surface area contributed by atoms with E-state index >= 15 is 0 Å². The summed E-state index contributed by atoms with van der Waals surface area (Å²) in [6.45, 7) is 2.24. The first-order valence-electron chi connectivity index (χ1n) is 4.94. The van der Waals surface area contributed by atoms with Crippen LogP contribution >= 0.6 is 0 Å². The van der Waals surface area contributed by atoms with E-state index in [1.54, 1.807) is 6.92 Å². The van der Waals surface area contributed by atoms with Crippen molar-refractivity contribution in [3.8, 4) is 0 Å². The molecule has 0 aromatic heterocycles. The Balaban J connectivity index is 2.46. The summed E-state index contributed by atoms with van der Waals surface area (Å²) in [4.78, 5) is 10.9. The molecule has 0 saturated heterocycles. The maximum atomic E-state index is 10.9. The lowest BCUT2D eigenvalue weighted by atomic mass is 9.96. The van der Waals surface area contributed by atoms with Gasteiger partial charge in [0.2, 0.25) is 0 Å². The summed E-state index contributed by atoms with van der Waals surface area (Å²) in [6, 6.07) is 0. The Kier molecular flexibility index (Phi) is 4.34. The van der Waals surface area contributed by atoms with Crippen LogP contribution < -0.4 is 0 Å². The van der Waals surface area contributed by atoms with E-state index in [9.17, 15) is 4.79 Å². The van der Waals surface area contributed by atoms with Gasteiger partial charge < -0.3 is 4.74 Å². The predicted molar refractivity (Wildman–Crippen MR) is 51.3 cm³/mol. The number of rotatable bonds is 2. The molecule has 1 rings (SSSR count). The molecule has 2 nitrogen and oxygen atoms in total. The predicted octanol–water partition coefficient (Wildman–Crippen LogP) is 2.60. The third-order valence-corrected chi connectivity index (χ3v) is 2.14. The summed E-state index contributed by atoms with van der Waals surface area (Å²) in [5, 5.41) is 0. The van der Waals surface area contributed by atoms with Crippen molar-refractivity contribution in [2.75, 3.05) is 6.61 Å². The Hall–Kier alpha value is -1.01. The monoisotopic (exact) mass is 180 g/mol. The molecule has 0 bridgehead atoms. The highest BCUT2D eigenvalue weighted by Gasteiger charge is 2.03. The molecular formula is C11H16O2. The van der Waals surface area contributed by atoms with Crippen LogP contribution in [0.4, 0.5) is 0 Å². The summed E-state index contributed by atoms with van der Waals surface area (Å²) >= 11 is 0. The van der Waals surface area contributed by atoms with Crippen LogP contribution in [0.1, 0.15) is 39.0 Å². The van der Waals surface area contributed by atoms with Crippen molar-refractivity contribution in [3.63, 3.8) is 0 Å². The van der Waals surface area contributed by atoms with Crippen LogP contribution in [0.2, 0.25) is 0 Å². The molecule has 2 heteroatoms. The normalized spacial score (nSPS) is 16.2. The van der Waals surface area contributed by atoms with Gasteiger partial charge in [-0.2, -0.15) is 0 Å². The smallest absolute Gasteiger partial charge is 0.338 e. The molecular weight excluding hydrogens is 164 g/mol. The lowest BCUT2D eigenvalue weighted by Crippen LogP contribution is -1.98. The standard InChI is InChI=1S/C11H16O2/c1-2-13-11(12)9-8-10-6-4-3-5-7-10/h9H,2-7H2,1H3. The zero-order chi connectivity index (χ0) is 9.52. The van der Waals surface area contributed by atoms with E-state index in [-0.39, 0.29) is 5.97 Å². The molecule has 13 heavy (non-hydrogen) atoms. The van der Waals surface area contributed by atoms with Crippen LogP contribution in [0.15, 0.2) is 17.4 Å². The van der Waals surface area contributed by atoms with E-state index in [0.717, 1.165) is 12.8 Å². The zero-order valence-corrected chi connectivity index (χ0v) is 8.14.